The van der Waals surface area contributed by atoms with Gasteiger partial charge in [0.25, 0.3) is 0 Å². The SMILES string of the molecule is CN1CCC(F)(CCc2ccc3c(n2)NCCC3)C1. The summed E-state index contributed by atoms with van der Waals surface area (Å²) in [5.41, 5.74) is 1.30. The van der Waals surface area contributed by atoms with E-state index in [-0.39, 0.29) is 0 Å². The van der Waals surface area contributed by atoms with E-state index in [0.29, 0.717) is 19.4 Å². The van der Waals surface area contributed by atoms with Crippen LogP contribution < -0.4 is 5.32 Å². The molecule has 1 atom stereocenters. The first-order chi connectivity index (χ1) is 9.15. The molecule has 1 N–H and O–H groups in total. The van der Waals surface area contributed by atoms with Gasteiger partial charge in [-0.15, -0.1) is 0 Å². The number of anilines is 1. The van der Waals surface area contributed by atoms with Crippen molar-refractivity contribution in [3.8, 4) is 0 Å². The first-order valence-electron chi connectivity index (χ1n) is 7.25. The maximum absolute atomic E-state index is 14.5. The average Bonchev–Trinajstić information content (AvgIpc) is 2.77. The maximum atomic E-state index is 14.5. The van der Waals surface area contributed by atoms with Gasteiger partial charge in [-0.1, -0.05) is 6.07 Å². The standard InChI is InChI=1S/C15H22FN3/c1-19-10-8-15(16,11-19)7-6-13-5-4-12-3-2-9-17-14(12)18-13/h4-5H,2-3,6-11H2,1H3,(H,17,18). The maximum Gasteiger partial charge on any atom is 0.129 e. The van der Waals surface area contributed by atoms with E-state index in [1.54, 1.807) is 0 Å². The van der Waals surface area contributed by atoms with Crippen LogP contribution in [0, 0.1) is 0 Å². The first-order valence-corrected chi connectivity index (χ1v) is 7.25. The molecular weight excluding hydrogens is 241 g/mol. The number of likely N-dealkylation sites (tertiary alicyclic amines) is 1. The second-order valence-corrected chi connectivity index (χ2v) is 5.98. The van der Waals surface area contributed by atoms with Crippen molar-refractivity contribution in [2.24, 2.45) is 0 Å². The van der Waals surface area contributed by atoms with Crippen molar-refractivity contribution in [1.29, 1.82) is 0 Å². The highest BCUT2D eigenvalue weighted by Gasteiger charge is 2.36. The van der Waals surface area contributed by atoms with Gasteiger partial charge in [0.05, 0.1) is 0 Å². The molecule has 0 bridgehead atoms. The Kier molecular flexibility index (Phi) is 3.44. The monoisotopic (exact) mass is 263 g/mol. The predicted molar refractivity (Wildman–Crippen MR) is 75.3 cm³/mol. The van der Waals surface area contributed by atoms with Crippen LogP contribution in [-0.4, -0.2) is 42.2 Å². The summed E-state index contributed by atoms with van der Waals surface area (Å²) in [6, 6.07) is 4.21. The third kappa shape index (κ3) is 2.89. The van der Waals surface area contributed by atoms with Gasteiger partial charge in [-0.3, -0.25) is 0 Å². The Morgan fingerprint density at radius 1 is 1.47 bits per heavy atom. The topological polar surface area (TPSA) is 28.2 Å². The number of rotatable bonds is 3. The number of hydrogen-bond donors (Lipinski definition) is 1. The van der Waals surface area contributed by atoms with Crippen molar-refractivity contribution in [2.45, 2.75) is 37.8 Å². The molecule has 2 aliphatic heterocycles. The zero-order chi connectivity index (χ0) is 13.3. The lowest BCUT2D eigenvalue weighted by molar-refractivity contribution is 0.160. The largest absolute Gasteiger partial charge is 0.370 e. The smallest absolute Gasteiger partial charge is 0.129 e. The number of hydrogen-bond acceptors (Lipinski definition) is 3. The molecule has 3 nitrogen and oxygen atoms in total. The second-order valence-electron chi connectivity index (χ2n) is 5.98. The van der Waals surface area contributed by atoms with Crippen molar-refractivity contribution in [1.82, 2.24) is 9.88 Å². The molecule has 0 amide bonds. The molecule has 0 saturated carbocycles. The lowest BCUT2D eigenvalue weighted by Gasteiger charge is -2.20. The zero-order valence-electron chi connectivity index (χ0n) is 11.6. The number of aryl methyl sites for hydroxylation is 2. The summed E-state index contributed by atoms with van der Waals surface area (Å²) in [5, 5.41) is 3.33. The van der Waals surface area contributed by atoms with Crippen LogP contribution >= 0.6 is 0 Å². The number of pyridine rings is 1. The van der Waals surface area contributed by atoms with Crippen LogP contribution in [0.3, 0.4) is 0 Å². The zero-order valence-corrected chi connectivity index (χ0v) is 11.6. The minimum Gasteiger partial charge on any atom is -0.370 e. The molecule has 2 aliphatic rings. The van der Waals surface area contributed by atoms with Gasteiger partial charge in [0, 0.05) is 25.3 Å². The highest BCUT2D eigenvalue weighted by atomic mass is 19.1. The van der Waals surface area contributed by atoms with Gasteiger partial charge < -0.3 is 10.2 Å². The Bertz CT molecular complexity index is 463. The second kappa shape index (κ2) is 5.08. The summed E-state index contributed by atoms with van der Waals surface area (Å²) in [4.78, 5) is 6.70. The molecule has 3 heterocycles. The van der Waals surface area contributed by atoms with Crippen LogP contribution in [0.5, 0.6) is 0 Å². The number of fused-ring (bicyclic) bond motifs is 1. The van der Waals surface area contributed by atoms with E-state index in [1.165, 1.54) is 12.0 Å². The Balaban J connectivity index is 1.64. The van der Waals surface area contributed by atoms with Gasteiger partial charge in [0.1, 0.15) is 11.5 Å². The summed E-state index contributed by atoms with van der Waals surface area (Å²) in [5.74, 6) is 1.01. The normalized spacial score (nSPS) is 27.1. The quantitative estimate of drug-likeness (QED) is 0.907. The summed E-state index contributed by atoms with van der Waals surface area (Å²) >= 11 is 0. The molecule has 19 heavy (non-hydrogen) atoms. The van der Waals surface area contributed by atoms with E-state index in [1.807, 2.05) is 7.05 Å². The number of aromatic nitrogens is 1. The van der Waals surface area contributed by atoms with Crippen LogP contribution in [-0.2, 0) is 12.8 Å². The molecule has 3 rings (SSSR count). The first kappa shape index (κ1) is 12.9. The molecule has 1 aromatic rings. The van der Waals surface area contributed by atoms with E-state index in [0.717, 1.165) is 37.4 Å². The van der Waals surface area contributed by atoms with Gasteiger partial charge in [0.2, 0.25) is 0 Å². The van der Waals surface area contributed by atoms with Crippen LogP contribution in [0.25, 0.3) is 0 Å². The van der Waals surface area contributed by atoms with Crippen molar-refractivity contribution < 1.29 is 4.39 Å². The molecule has 1 fully saturated rings. The van der Waals surface area contributed by atoms with Gasteiger partial charge in [-0.25, -0.2) is 9.37 Å². The lowest BCUT2D eigenvalue weighted by atomic mass is 9.97. The summed E-state index contributed by atoms with van der Waals surface area (Å²) < 4.78 is 14.5. The molecule has 0 spiro atoms. The molecule has 0 aromatic carbocycles. The van der Waals surface area contributed by atoms with E-state index in [4.69, 9.17) is 0 Å². The fourth-order valence-electron chi connectivity index (χ4n) is 3.10. The van der Waals surface area contributed by atoms with E-state index < -0.39 is 5.67 Å². The van der Waals surface area contributed by atoms with Gasteiger partial charge in [0.15, 0.2) is 0 Å². The molecule has 104 valence electrons. The van der Waals surface area contributed by atoms with Crippen LogP contribution in [0.2, 0.25) is 0 Å². The fraction of sp³-hybridized carbons (Fsp3) is 0.667. The van der Waals surface area contributed by atoms with Crippen molar-refractivity contribution >= 4 is 5.82 Å². The van der Waals surface area contributed by atoms with Crippen molar-refractivity contribution in [2.75, 3.05) is 32.0 Å². The molecule has 0 aliphatic carbocycles. The molecule has 1 saturated heterocycles. The van der Waals surface area contributed by atoms with Crippen molar-refractivity contribution in [3.05, 3.63) is 23.4 Å². The van der Waals surface area contributed by atoms with Crippen LogP contribution in [0.4, 0.5) is 10.2 Å². The van der Waals surface area contributed by atoms with Crippen LogP contribution in [0.15, 0.2) is 12.1 Å². The van der Waals surface area contributed by atoms with Crippen molar-refractivity contribution in [3.63, 3.8) is 0 Å². The Morgan fingerprint density at radius 2 is 2.37 bits per heavy atom. The molecule has 0 radical (unpaired) electrons. The van der Waals surface area contributed by atoms with E-state index in [2.05, 4.69) is 27.3 Å². The highest BCUT2D eigenvalue weighted by Crippen LogP contribution is 2.30. The fourth-order valence-corrected chi connectivity index (χ4v) is 3.10. The van der Waals surface area contributed by atoms with Crippen LogP contribution in [0.1, 0.15) is 30.5 Å². The summed E-state index contributed by atoms with van der Waals surface area (Å²) in [7, 11) is 1.99. The number of alkyl halides is 1. The van der Waals surface area contributed by atoms with E-state index >= 15 is 0 Å². The third-order valence-corrected chi connectivity index (χ3v) is 4.28. The molecule has 1 aromatic heterocycles. The Labute approximate surface area is 114 Å². The molecule has 1 unspecified atom stereocenters. The van der Waals surface area contributed by atoms with Gasteiger partial charge in [-0.2, -0.15) is 0 Å². The minimum absolute atomic E-state index is 0.566. The van der Waals surface area contributed by atoms with Gasteiger partial charge in [-0.05, 0) is 50.8 Å². The highest BCUT2D eigenvalue weighted by molar-refractivity contribution is 5.47. The average molecular weight is 263 g/mol. The minimum atomic E-state index is -1.01. The number of nitrogens with zero attached hydrogens (tertiary/aromatic N) is 2. The van der Waals surface area contributed by atoms with Gasteiger partial charge >= 0.3 is 0 Å². The Morgan fingerprint density at radius 3 is 3.16 bits per heavy atom. The third-order valence-electron chi connectivity index (χ3n) is 4.28. The number of nitrogens with one attached hydrogen (secondary N) is 1. The molecule has 4 heteroatoms. The predicted octanol–water partition coefficient (Wildman–Crippen LogP) is 2.42. The lowest BCUT2D eigenvalue weighted by Crippen LogP contribution is -2.27. The molecular formula is C15H22FN3. The van der Waals surface area contributed by atoms with E-state index in [9.17, 15) is 4.39 Å². The summed E-state index contributed by atoms with van der Waals surface area (Å²) in [6.07, 6.45) is 4.26. The Hall–Kier alpha value is -1.16. The number of halogens is 1. The summed E-state index contributed by atoms with van der Waals surface area (Å²) in [6.45, 7) is 2.44.